The number of aliphatic hydroxyl groups is 1. The van der Waals surface area contributed by atoms with Gasteiger partial charge in [-0.3, -0.25) is 0 Å². The van der Waals surface area contributed by atoms with Gasteiger partial charge in [-0.25, -0.2) is 35.6 Å². The number of benzene rings is 2. The predicted molar refractivity (Wildman–Crippen MR) is 130 cm³/mol. The van der Waals surface area contributed by atoms with E-state index in [4.69, 9.17) is 0 Å². The number of halogens is 4. The monoisotopic (exact) mass is 550 g/mol. The largest absolute Gasteiger partial charge is 0.377 e. The average Bonchev–Trinajstić information content (AvgIpc) is 3.30. The smallest absolute Gasteiger partial charge is 0.287 e. The minimum atomic E-state index is -3.76. The van der Waals surface area contributed by atoms with Crippen molar-refractivity contribution in [1.29, 1.82) is 0 Å². The molecule has 1 atom stereocenters. The van der Waals surface area contributed by atoms with Crippen LogP contribution in [0.2, 0.25) is 0 Å². The molecule has 3 aromatic rings. The van der Waals surface area contributed by atoms with Gasteiger partial charge >= 0.3 is 0 Å². The van der Waals surface area contributed by atoms with Crippen LogP contribution < -0.4 is 4.90 Å². The number of nitrogens with zero attached hydrogens (tertiary/aromatic N) is 4. The number of sulfone groups is 1. The normalized spacial score (nSPS) is 27.8. The molecule has 1 aromatic heterocycles. The van der Waals surface area contributed by atoms with E-state index in [0.717, 1.165) is 40.7 Å². The van der Waals surface area contributed by atoms with Crippen molar-refractivity contribution >= 4 is 15.5 Å². The summed E-state index contributed by atoms with van der Waals surface area (Å²) in [6.07, 6.45) is 2.61. The molecule has 7 nitrogen and oxygen atoms in total. The van der Waals surface area contributed by atoms with Crippen LogP contribution >= 0.6 is 0 Å². The Hall–Kier alpha value is -2.99. The summed E-state index contributed by atoms with van der Waals surface area (Å²) in [5, 5.41) is 15.3. The maximum absolute atomic E-state index is 16.3. The molecule has 1 unspecified atom stereocenters. The lowest BCUT2D eigenvalue weighted by Crippen LogP contribution is -2.76. The van der Waals surface area contributed by atoms with E-state index in [1.165, 1.54) is 0 Å². The van der Waals surface area contributed by atoms with E-state index in [1.807, 2.05) is 29.2 Å². The van der Waals surface area contributed by atoms with E-state index >= 15 is 8.78 Å². The Morgan fingerprint density at radius 1 is 1.00 bits per heavy atom. The first-order chi connectivity index (χ1) is 17.9. The van der Waals surface area contributed by atoms with E-state index < -0.39 is 55.9 Å². The summed E-state index contributed by atoms with van der Waals surface area (Å²) in [6.45, 7) is 0.0659. The molecule has 0 spiro atoms. The van der Waals surface area contributed by atoms with Gasteiger partial charge in [-0.2, -0.15) is 5.10 Å². The highest BCUT2D eigenvalue weighted by Crippen LogP contribution is 2.80. The molecule has 0 amide bonds. The van der Waals surface area contributed by atoms with Crippen LogP contribution in [-0.4, -0.2) is 58.8 Å². The van der Waals surface area contributed by atoms with Crippen LogP contribution in [0.1, 0.15) is 30.4 Å². The van der Waals surface area contributed by atoms with Crippen molar-refractivity contribution < 1.29 is 31.1 Å². The molecule has 1 aliphatic heterocycles. The Morgan fingerprint density at radius 3 is 2.24 bits per heavy atom. The fourth-order valence-electron chi connectivity index (χ4n) is 6.59. The van der Waals surface area contributed by atoms with E-state index in [9.17, 15) is 22.3 Å². The highest BCUT2D eigenvalue weighted by Gasteiger charge is 2.82. The summed E-state index contributed by atoms with van der Waals surface area (Å²) in [4.78, 5) is 5.72. The molecule has 0 radical (unpaired) electrons. The number of alkyl halides is 2. The molecule has 12 heteroatoms. The fourth-order valence-corrected chi connectivity index (χ4v) is 7.79. The van der Waals surface area contributed by atoms with Crippen molar-refractivity contribution in [2.75, 3.05) is 29.5 Å². The second-order valence-corrected chi connectivity index (χ2v) is 13.2. The number of hydrogen-bond donors (Lipinski definition) is 1. The molecule has 1 saturated heterocycles. The zero-order valence-electron chi connectivity index (χ0n) is 20.3. The van der Waals surface area contributed by atoms with E-state index in [-0.39, 0.29) is 30.8 Å². The zero-order valence-corrected chi connectivity index (χ0v) is 21.1. The van der Waals surface area contributed by atoms with Crippen molar-refractivity contribution in [2.45, 2.75) is 42.7 Å². The van der Waals surface area contributed by atoms with Crippen molar-refractivity contribution in [2.24, 2.45) is 5.41 Å². The molecular formula is C26H26F4N4O3S. The first kappa shape index (κ1) is 25.3. The highest BCUT2D eigenvalue weighted by molar-refractivity contribution is 7.91. The summed E-state index contributed by atoms with van der Waals surface area (Å²) in [5.74, 6) is -5.75. The van der Waals surface area contributed by atoms with Gasteiger partial charge in [0.05, 0.1) is 18.1 Å². The highest BCUT2D eigenvalue weighted by atomic mass is 32.2. The van der Waals surface area contributed by atoms with Crippen LogP contribution in [-0.2, 0) is 27.4 Å². The van der Waals surface area contributed by atoms with Gasteiger partial charge in [0.15, 0.2) is 15.4 Å². The molecular weight excluding hydrogens is 524 g/mol. The molecule has 7 rings (SSSR count). The Kier molecular flexibility index (Phi) is 5.49. The molecule has 2 bridgehead atoms. The van der Waals surface area contributed by atoms with E-state index in [2.05, 4.69) is 10.1 Å². The third kappa shape index (κ3) is 3.67. The topological polar surface area (TPSA) is 88.3 Å². The quantitative estimate of drug-likeness (QED) is 0.454. The summed E-state index contributed by atoms with van der Waals surface area (Å²) in [5.41, 5.74) is -3.92. The minimum absolute atomic E-state index is 0.0996. The first-order valence-corrected chi connectivity index (χ1v) is 14.2. The number of rotatable bonds is 7. The van der Waals surface area contributed by atoms with Gasteiger partial charge in [-0.05, 0) is 54.5 Å². The van der Waals surface area contributed by atoms with Gasteiger partial charge < -0.3 is 10.0 Å². The first-order valence-electron chi connectivity index (χ1n) is 12.3. The number of hydrogen-bond acceptors (Lipinski definition) is 6. The molecule has 4 fully saturated rings. The van der Waals surface area contributed by atoms with Gasteiger partial charge in [-0.1, -0.05) is 12.1 Å². The lowest BCUT2D eigenvalue weighted by molar-refractivity contribution is -0.347. The Labute approximate surface area is 217 Å². The van der Waals surface area contributed by atoms with Crippen molar-refractivity contribution in [1.82, 2.24) is 14.8 Å². The summed E-state index contributed by atoms with van der Waals surface area (Å²) in [6, 6.07) is 9.74. The average molecular weight is 551 g/mol. The molecule has 38 heavy (non-hydrogen) atoms. The number of aromatic nitrogens is 3. The Bertz CT molecular complexity index is 1450. The van der Waals surface area contributed by atoms with E-state index in [0.29, 0.717) is 19.2 Å². The zero-order chi connectivity index (χ0) is 27.0. The number of anilines is 1. The van der Waals surface area contributed by atoms with Crippen molar-refractivity contribution in [3.63, 3.8) is 0 Å². The lowest BCUT2D eigenvalue weighted by Gasteiger charge is -2.74. The molecule has 4 aliphatic rings. The van der Waals surface area contributed by atoms with Crippen molar-refractivity contribution in [3.05, 3.63) is 77.9 Å². The van der Waals surface area contributed by atoms with Gasteiger partial charge in [0, 0.05) is 35.8 Å². The molecule has 3 aliphatic carbocycles. The lowest BCUT2D eigenvalue weighted by atomic mass is 9.30. The second kappa shape index (κ2) is 8.25. The Balaban J connectivity index is 1.24. The van der Waals surface area contributed by atoms with Crippen LogP contribution in [0, 0.1) is 17.0 Å². The maximum atomic E-state index is 16.3. The molecule has 202 valence electrons. The fraction of sp³-hybridized carbons (Fsp3) is 0.462. The third-order valence-electron chi connectivity index (χ3n) is 8.64. The molecule has 1 N–H and O–H groups in total. The van der Waals surface area contributed by atoms with E-state index in [1.54, 1.807) is 0 Å². The summed E-state index contributed by atoms with van der Waals surface area (Å²) in [7, 11) is -3.00. The summed E-state index contributed by atoms with van der Waals surface area (Å²) < 4.78 is 85.5. The Morgan fingerprint density at radius 2 is 1.66 bits per heavy atom. The SMILES string of the molecule is O=S1(=O)CCN(c2ccc(C34CC(C(F)(F)C(O)(Cn5cncn5)c5ccc(F)cc5F)(C3)C4)cc2)CC1. The van der Waals surface area contributed by atoms with Crippen molar-refractivity contribution in [3.8, 4) is 0 Å². The van der Waals surface area contributed by atoms with Crippen LogP contribution in [0.4, 0.5) is 23.2 Å². The van der Waals surface area contributed by atoms with Gasteiger partial charge in [0.1, 0.15) is 24.3 Å². The van der Waals surface area contributed by atoms with Gasteiger partial charge in [0.25, 0.3) is 5.92 Å². The predicted octanol–water partition coefficient (Wildman–Crippen LogP) is 3.44. The van der Waals surface area contributed by atoms with Gasteiger partial charge in [0.2, 0.25) is 0 Å². The van der Waals surface area contributed by atoms with Crippen LogP contribution in [0.5, 0.6) is 0 Å². The molecule has 2 aromatic carbocycles. The standard InChI is InChI=1S/C26H26F4N4O3S/c27-19-3-6-21(22(28)11-19)25(35,15-34-17-31-16-32-34)26(29,30)24-12-23(13-24,14-24)18-1-4-20(5-2-18)33-7-9-38(36,37)10-8-33/h1-6,11,16-17,35H,7-10,12-15H2. The molecule has 3 saturated carbocycles. The minimum Gasteiger partial charge on any atom is -0.377 e. The van der Waals surface area contributed by atoms with Crippen LogP contribution in [0.15, 0.2) is 55.1 Å². The molecule has 2 heterocycles. The summed E-state index contributed by atoms with van der Waals surface area (Å²) >= 11 is 0. The van der Waals surface area contributed by atoms with Crippen LogP contribution in [0.3, 0.4) is 0 Å². The third-order valence-corrected chi connectivity index (χ3v) is 10.2. The van der Waals surface area contributed by atoms with Crippen LogP contribution in [0.25, 0.3) is 0 Å². The second-order valence-electron chi connectivity index (χ2n) is 10.9. The maximum Gasteiger partial charge on any atom is 0.287 e. The van der Waals surface area contributed by atoms with Gasteiger partial charge in [-0.15, -0.1) is 0 Å².